The summed E-state index contributed by atoms with van der Waals surface area (Å²) in [7, 11) is 0. The second-order valence-corrected chi connectivity index (χ2v) is 8.49. The lowest BCUT2D eigenvalue weighted by molar-refractivity contribution is -0.116. The highest BCUT2D eigenvalue weighted by atomic mass is 35.5. The number of para-hydroxylation sites is 1. The number of nitrogens with one attached hydrogen (secondary N) is 1. The molecule has 2 aromatic heterocycles. The van der Waals surface area contributed by atoms with E-state index in [-0.39, 0.29) is 12.5 Å². The van der Waals surface area contributed by atoms with E-state index in [0.29, 0.717) is 16.4 Å². The van der Waals surface area contributed by atoms with E-state index in [9.17, 15) is 4.79 Å². The van der Waals surface area contributed by atoms with Crippen LogP contribution in [0.25, 0.3) is 11.0 Å². The standard InChI is InChI=1S/C24H24ClN7O/c1-17-7-8-18(25)13-21(17)29-22(33)15-32-24-20(14-28-32)23(26-16-27-24)31-11-9-30(10-12-31)19-5-3-2-4-6-19/h2-8,13-14,16H,9-12,15H2,1H3,(H,29,33). The van der Waals surface area contributed by atoms with Crippen molar-refractivity contribution in [3.8, 4) is 0 Å². The Labute approximate surface area is 196 Å². The molecule has 0 radical (unpaired) electrons. The molecule has 0 spiro atoms. The number of carbonyl (C=O) groups excluding carboxylic acids is 1. The van der Waals surface area contributed by atoms with Crippen molar-refractivity contribution in [2.24, 2.45) is 0 Å². The van der Waals surface area contributed by atoms with Gasteiger partial charge in [-0.05, 0) is 36.8 Å². The Morgan fingerprint density at radius 2 is 1.79 bits per heavy atom. The molecule has 1 amide bonds. The van der Waals surface area contributed by atoms with Crippen LogP contribution < -0.4 is 15.1 Å². The van der Waals surface area contributed by atoms with Crippen LogP contribution >= 0.6 is 11.6 Å². The van der Waals surface area contributed by atoms with Crippen LogP contribution in [0.3, 0.4) is 0 Å². The van der Waals surface area contributed by atoms with Gasteiger partial charge < -0.3 is 15.1 Å². The SMILES string of the molecule is Cc1ccc(Cl)cc1NC(=O)Cn1ncc2c(N3CCN(c4ccccc4)CC3)ncnc21. The number of aryl methyl sites for hydroxylation is 1. The predicted octanol–water partition coefficient (Wildman–Crippen LogP) is 3.75. The zero-order valence-electron chi connectivity index (χ0n) is 18.3. The number of aromatic nitrogens is 4. The van der Waals surface area contributed by atoms with Gasteiger partial charge in [-0.2, -0.15) is 5.10 Å². The molecule has 3 heterocycles. The van der Waals surface area contributed by atoms with Crippen LogP contribution in [0.2, 0.25) is 5.02 Å². The third-order valence-corrected chi connectivity index (χ3v) is 6.12. The van der Waals surface area contributed by atoms with E-state index in [2.05, 4.69) is 54.4 Å². The minimum Gasteiger partial charge on any atom is -0.368 e. The molecule has 0 aliphatic carbocycles. The summed E-state index contributed by atoms with van der Waals surface area (Å²) in [5.74, 6) is 0.659. The third kappa shape index (κ3) is 4.47. The van der Waals surface area contributed by atoms with Crippen LogP contribution in [-0.2, 0) is 11.3 Å². The Kier molecular flexibility index (Phi) is 5.83. The Morgan fingerprint density at radius 3 is 2.58 bits per heavy atom. The minimum absolute atomic E-state index is 0.0493. The lowest BCUT2D eigenvalue weighted by atomic mass is 10.2. The molecule has 0 atom stereocenters. The maximum Gasteiger partial charge on any atom is 0.246 e. The zero-order chi connectivity index (χ0) is 22.8. The van der Waals surface area contributed by atoms with Gasteiger partial charge in [-0.25, -0.2) is 14.6 Å². The number of nitrogens with zero attached hydrogens (tertiary/aromatic N) is 6. The fourth-order valence-electron chi connectivity index (χ4n) is 4.12. The van der Waals surface area contributed by atoms with Crippen molar-refractivity contribution in [1.29, 1.82) is 0 Å². The van der Waals surface area contributed by atoms with Gasteiger partial charge in [0.2, 0.25) is 5.91 Å². The summed E-state index contributed by atoms with van der Waals surface area (Å²) in [5, 5.41) is 8.75. The van der Waals surface area contributed by atoms with Gasteiger partial charge in [-0.15, -0.1) is 0 Å². The molecule has 168 valence electrons. The quantitative estimate of drug-likeness (QED) is 0.487. The molecule has 8 nitrogen and oxygen atoms in total. The highest BCUT2D eigenvalue weighted by Crippen LogP contribution is 2.25. The molecule has 4 aromatic rings. The van der Waals surface area contributed by atoms with E-state index in [1.807, 2.05) is 19.1 Å². The van der Waals surface area contributed by atoms with Gasteiger partial charge in [0.05, 0.1) is 11.6 Å². The fourth-order valence-corrected chi connectivity index (χ4v) is 4.29. The number of benzene rings is 2. The third-order valence-electron chi connectivity index (χ3n) is 5.88. The number of halogens is 1. The van der Waals surface area contributed by atoms with Crippen LogP contribution in [0.1, 0.15) is 5.56 Å². The lowest BCUT2D eigenvalue weighted by Crippen LogP contribution is -2.46. The molecule has 1 N–H and O–H groups in total. The Bertz CT molecular complexity index is 1280. The van der Waals surface area contributed by atoms with Crippen LogP contribution in [0.15, 0.2) is 61.1 Å². The molecule has 1 fully saturated rings. The van der Waals surface area contributed by atoms with Crippen molar-refractivity contribution in [3.05, 3.63) is 71.6 Å². The highest BCUT2D eigenvalue weighted by Gasteiger charge is 2.22. The van der Waals surface area contributed by atoms with E-state index < -0.39 is 0 Å². The Morgan fingerprint density at radius 1 is 1.03 bits per heavy atom. The smallest absolute Gasteiger partial charge is 0.246 e. The number of carbonyl (C=O) groups is 1. The van der Waals surface area contributed by atoms with E-state index in [0.717, 1.165) is 42.9 Å². The molecule has 0 bridgehead atoms. The van der Waals surface area contributed by atoms with Crippen molar-refractivity contribution in [3.63, 3.8) is 0 Å². The van der Waals surface area contributed by atoms with Gasteiger partial charge in [-0.1, -0.05) is 35.9 Å². The number of anilines is 3. The summed E-state index contributed by atoms with van der Waals surface area (Å²) >= 11 is 6.06. The molecule has 1 aliphatic rings. The first-order valence-corrected chi connectivity index (χ1v) is 11.2. The number of hydrogen-bond donors (Lipinski definition) is 1. The molecule has 5 rings (SSSR count). The first kappa shape index (κ1) is 21.2. The van der Waals surface area contributed by atoms with Gasteiger partial charge in [0.25, 0.3) is 0 Å². The number of amides is 1. The van der Waals surface area contributed by atoms with E-state index >= 15 is 0 Å². The summed E-state index contributed by atoms with van der Waals surface area (Å²) in [5.41, 5.74) is 3.51. The monoisotopic (exact) mass is 461 g/mol. The predicted molar refractivity (Wildman–Crippen MR) is 131 cm³/mol. The van der Waals surface area contributed by atoms with Crippen LogP contribution in [0.4, 0.5) is 17.2 Å². The van der Waals surface area contributed by atoms with E-state index in [4.69, 9.17) is 11.6 Å². The number of piperazine rings is 1. The van der Waals surface area contributed by atoms with Gasteiger partial charge in [0, 0.05) is 42.6 Å². The van der Waals surface area contributed by atoms with Gasteiger partial charge in [0.15, 0.2) is 5.65 Å². The van der Waals surface area contributed by atoms with Crippen LogP contribution in [0.5, 0.6) is 0 Å². The second-order valence-electron chi connectivity index (χ2n) is 8.05. The first-order valence-electron chi connectivity index (χ1n) is 10.9. The summed E-state index contributed by atoms with van der Waals surface area (Å²) in [6.07, 6.45) is 3.28. The second kappa shape index (κ2) is 9.07. The molecule has 0 unspecified atom stereocenters. The van der Waals surface area contributed by atoms with Crippen molar-refractivity contribution in [1.82, 2.24) is 19.7 Å². The molecular weight excluding hydrogens is 438 g/mol. The largest absolute Gasteiger partial charge is 0.368 e. The average molecular weight is 462 g/mol. The lowest BCUT2D eigenvalue weighted by Gasteiger charge is -2.36. The van der Waals surface area contributed by atoms with Crippen molar-refractivity contribution < 1.29 is 4.79 Å². The Hall–Kier alpha value is -3.65. The van der Waals surface area contributed by atoms with Gasteiger partial charge >= 0.3 is 0 Å². The average Bonchev–Trinajstić information content (AvgIpc) is 3.25. The molecule has 1 aliphatic heterocycles. The molecule has 33 heavy (non-hydrogen) atoms. The number of fused-ring (bicyclic) bond motifs is 1. The molecule has 2 aromatic carbocycles. The minimum atomic E-state index is -0.193. The van der Waals surface area contributed by atoms with Gasteiger partial charge in [-0.3, -0.25) is 4.79 Å². The van der Waals surface area contributed by atoms with Gasteiger partial charge in [0.1, 0.15) is 18.7 Å². The topological polar surface area (TPSA) is 79.2 Å². The molecule has 1 saturated heterocycles. The van der Waals surface area contributed by atoms with Crippen molar-refractivity contribution in [2.45, 2.75) is 13.5 Å². The van der Waals surface area contributed by atoms with Crippen molar-refractivity contribution >= 4 is 45.7 Å². The molecule has 9 heteroatoms. The highest BCUT2D eigenvalue weighted by molar-refractivity contribution is 6.31. The normalized spacial score (nSPS) is 14.0. The zero-order valence-corrected chi connectivity index (χ0v) is 19.0. The van der Waals surface area contributed by atoms with E-state index in [1.165, 1.54) is 5.69 Å². The summed E-state index contributed by atoms with van der Waals surface area (Å²) in [6, 6.07) is 15.8. The number of rotatable bonds is 5. The molecule has 0 saturated carbocycles. The summed E-state index contributed by atoms with van der Waals surface area (Å²) in [6.45, 7) is 5.48. The summed E-state index contributed by atoms with van der Waals surface area (Å²) in [4.78, 5) is 26.2. The van der Waals surface area contributed by atoms with Crippen molar-refractivity contribution in [2.75, 3.05) is 41.3 Å². The maximum absolute atomic E-state index is 12.7. The summed E-state index contributed by atoms with van der Waals surface area (Å²) < 4.78 is 1.61. The fraction of sp³-hybridized carbons (Fsp3) is 0.250. The maximum atomic E-state index is 12.7. The number of hydrogen-bond acceptors (Lipinski definition) is 6. The first-order chi connectivity index (χ1) is 16.1. The Balaban J connectivity index is 1.30. The van der Waals surface area contributed by atoms with Crippen LogP contribution in [0, 0.1) is 6.92 Å². The molecular formula is C24H24ClN7O. The van der Waals surface area contributed by atoms with Crippen LogP contribution in [-0.4, -0.2) is 51.8 Å². The van der Waals surface area contributed by atoms with E-state index in [1.54, 1.807) is 29.3 Å².